The molecule has 1 N–H and O–H groups in total. The van der Waals surface area contributed by atoms with Crippen LogP contribution in [0.3, 0.4) is 0 Å². The maximum Gasteiger partial charge on any atom is 0.0574 e. The van der Waals surface area contributed by atoms with Crippen molar-refractivity contribution in [3.05, 3.63) is 24.3 Å². The third-order valence-electron chi connectivity index (χ3n) is 3.42. The van der Waals surface area contributed by atoms with Gasteiger partial charge in [-0.05, 0) is 38.5 Å². The Morgan fingerprint density at radius 2 is 1.62 bits per heavy atom. The van der Waals surface area contributed by atoms with Gasteiger partial charge in [-0.3, -0.25) is 0 Å². The Morgan fingerprint density at radius 1 is 1.00 bits per heavy atom. The summed E-state index contributed by atoms with van der Waals surface area (Å²) in [6.45, 7) is 2.12. The van der Waals surface area contributed by atoms with E-state index >= 15 is 0 Å². The van der Waals surface area contributed by atoms with Crippen LogP contribution >= 0.6 is 0 Å². The van der Waals surface area contributed by atoms with E-state index in [-0.39, 0.29) is 12.5 Å². The van der Waals surface area contributed by atoms with Gasteiger partial charge in [-0.2, -0.15) is 0 Å². The zero-order valence-electron chi connectivity index (χ0n) is 13.4. The van der Waals surface area contributed by atoms with Crippen molar-refractivity contribution in [3.8, 4) is 0 Å². The van der Waals surface area contributed by atoms with Gasteiger partial charge >= 0.3 is 0 Å². The van der Waals surface area contributed by atoms with E-state index in [9.17, 15) is 15.0 Å². The van der Waals surface area contributed by atoms with Crippen LogP contribution in [0.15, 0.2) is 24.3 Å². The number of allylic oxidation sites excluding steroid dienone is 3. The summed E-state index contributed by atoms with van der Waals surface area (Å²) in [7, 11) is 0. The van der Waals surface area contributed by atoms with E-state index < -0.39 is 5.97 Å². The quantitative estimate of drug-likeness (QED) is 0.394. The van der Waals surface area contributed by atoms with Crippen LogP contribution in [0.4, 0.5) is 0 Å². The summed E-state index contributed by atoms with van der Waals surface area (Å²) < 4.78 is 0. The summed E-state index contributed by atoms with van der Waals surface area (Å²) in [4.78, 5) is 10.2. The fourth-order valence-corrected chi connectivity index (χ4v) is 2.17. The highest BCUT2D eigenvalue weighted by molar-refractivity contribution is 5.63. The lowest BCUT2D eigenvalue weighted by atomic mass is 10.0. The Labute approximate surface area is 129 Å². The lowest BCUT2D eigenvalue weighted by Crippen LogP contribution is -2.21. The highest BCUT2D eigenvalue weighted by Gasteiger charge is 2.01. The van der Waals surface area contributed by atoms with Crippen LogP contribution < -0.4 is 5.11 Å². The summed E-state index contributed by atoms with van der Waals surface area (Å²) in [5, 5.41) is 20.0. The average molecular weight is 295 g/mol. The minimum atomic E-state index is -0.948. The van der Waals surface area contributed by atoms with E-state index in [1.54, 1.807) is 0 Å². The van der Waals surface area contributed by atoms with Gasteiger partial charge in [-0.15, -0.1) is 0 Å². The molecule has 3 heteroatoms. The molecular weight excluding hydrogens is 264 g/mol. The molecule has 0 bridgehead atoms. The molecule has 0 aromatic rings. The molecule has 0 aromatic heterocycles. The number of unbranched alkanes of at least 4 members (excludes halogenated alkanes) is 5. The first-order chi connectivity index (χ1) is 10.2. The van der Waals surface area contributed by atoms with Gasteiger partial charge in [0.05, 0.1) is 6.10 Å². The minimum absolute atomic E-state index is 0.179. The van der Waals surface area contributed by atoms with Crippen LogP contribution in [0.25, 0.3) is 0 Å². The smallest absolute Gasteiger partial charge is 0.0574 e. The molecule has 1 atom stereocenters. The van der Waals surface area contributed by atoms with Crippen molar-refractivity contribution < 1.29 is 15.0 Å². The Hall–Kier alpha value is -1.09. The number of carbonyl (C=O) groups excluding carboxylic acids is 1. The third-order valence-corrected chi connectivity index (χ3v) is 3.42. The molecule has 0 fully saturated rings. The fourth-order valence-electron chi connectivity index (χ4n) is 2.17. The maximum absolute atomic E-state index is 10.2. The first kappa shape index (κ1) is 19.9. The number of carbonyl (C=O) groups is 1. The van der Waals surface area contributed by atoms with Gasteiger partial charge in [-0.1, -0.05) is 63.3 Å². The van der Waals surface area contributed by atoms with Gasteiger partial charge in [-0.25, -0.2) is 0 Å². The number of aliphatic hydroxyl groups excluding tert-OH is 1. The zero-order chi connectivity index (χ0) is 15.8. The third kappa shape index (κ3) is 16.9. The molecule has 0 aliphatic rings. The van der Waals surface area contributed by atoms with Crippen molar-refractivity contribution in [1.82, 2.24) is 0 Å². The SMILES string of the molecule is CC/C=C\C/C=C\C[C@@H](O)CCCCCCCCC(=O)[O-]. The molecule has 0 saturated heterocycles. The van der Waals surface area contributed by atoms with E-state index in [0.717, 1.165) is 64.2 Å². The fraction of sp³-hybridized carbons (Fsp3) is 0.722. The summed E-state index contributed by atoms with van der Waals surface area (Å²) in [6.07, 6.45) is 18.1. The van der Waals surface area contributed by atoms with E-state index in [2.05, 4.69) is 31.2 Å². The second-order valence-electron chi connectivity index (χ2n) is 5.51. The first-order valence-corrected chi connectivity index (χ1v) is 8.34. The topological polar surface area (TPSA) is 60.4 Å². The molecule has 3 nitrogen and oxygen atoms in total. The van der Waals surface area contributed by atoms with E-state index in [1.165, 1.54) is 0 Å². The predicted octanol–water partition coefficient (Wildman–Crippen LogP) is 3.52. The average Bonchev–Trinajstić information content (AvgIpc) is 2.45. The van der Waals surface area contributed by atoms with Crippen LogP contribution in [-0.4, -0.2) is 17.2 Å². The molecule has 0 unspecified atom stereocenters. The molecule has 0 aliphatic heterocycles. The second kappa shape index (κ2) is 15.3. The standard InChI is InChI=1S/C18H32O3/c1-2-3-4-5-8-11-14-17(19)15-12-9-6-7-10-13-16-18(20)21/h3-4,8,11,17,19H,2,5-7,9-10,12-16H2,1H3,(H,20,21)/p-1/b4-3-,11-8-/t17-/m1/s1. The second-order valence-corrected chi connectivity index (χ2v) is 5.51. The molecular formula is C18H31O3-. The van der Waals surface area contributed by atoms with Crippen LogP contribution in [-0.2, 0) is 4.79 Å². The maximum atomic E-state index is 10.2. The van der Waals surface area contributed by atoms with Gasteiger partial charge < -0.3 is 15.0 Å². The number of hydrogen-bond donors (Lipinski definition) is 1. The van der Waals surface area contributed by atoms with Gasteiger partial charge in [0, 0.05) is 5.97 Å². The normalized spacial score (nSPS) is 13.2. The van der Waals surface area contributed by atoms with Crippen LogP contribution in [0, 0.1) is 0 Å². The Kier molecular flexibility index (Phi) is 14.5. The molecule has 0 rings (SSSR count). The minimum Gasteiger partial charge on any atom is -0.550 e. The van der Waals surface area contributed by atoms with Crippen molar-refractivity contribution in [3.63, 3.8) is 0 Å². The number of aliphatic hydroxyl groups is 1. The number of hydrogen-bond acceptors (Lipinski definition) is 3. The van der Waals surface area contributed by atoms with E-state index in [1.807, 2.05) is 0 Å². The summed E-state index contributed by atoms with van der Waals surface area (Å²) in [6, 6.07) is 0. The van der Waals surface area contributed by atoms with Crippen molar-refractivity contribution >= 4 is 5.97 Å². The molecule has 0 aliphatic carbocycles. The molecule has 0 heterocycles. The number of carboxylic acids is 1. The molecule has 21 heavy (non-hydrogen) atoms. The number of aliphatic carboxylic acids is 1. The summed E-state index contributed by atoms with van der Waals surface area (Å²) >= 11 is 0. The van der Waals surface area contributed by atoms with Gasteiger partial charge in [0.25, 0.3) is 0 Å². The summed E-state index contributed by atoms with van der Waals surface area (Å²) in [5.74, 6) is -0.948. The van der Waals surface area contributed by atoms with Crippen molar-refractivity contribution in [1.29, 1.82) is 0 Å². The highest BCUT2D eigenvalue weighted by Crippen LogP contribution is 2.11. The van der Waals surface area contributed by atoms with Gasteiger partial charge in [0.2, 0.25) is 0 Å². The molecule has 0 amide bonds. The number of rotatable bonds is 14. The van der Waals surface area contributed by atoms with Crippen molar-refractivity contribution in [2.75, 3.05) is 0 Å². The van der Waals surface area contributed by atoms with Crippen LogP contribution in [0.2, 0.25) is 0 Å². The van der Waals surface area contributed by atoms with E-state index in [4.69, 9.17) is 0 Å². The Bertz CT molecular complexity index is 295. The molecule has 0 spiro atoms. The Morgan fingerprint density at radius 3 is 2.29 bits per heavy atom. The van der Waals surface area contributed by atoms with Crippen LogP contribution in [0.5, 0.6) is 0 Å². The van der Waals surface area contributed by atoms with E-state index in [0.29, 0.717) is 0 Å². The zero-order valence-corrected chi connectivity index (χ0v) is 13.4. The largest absolute Gasteiger partial charge is 0.550 e. The monoisotopic (exact) mass is 295 g/mol. The predicted molar refractivity (Wildman–Crippen MR) is 85.8 cm³/mol. The number of carboxylic acid groups (broad SMARTS) is 1. The molecule has 122 valence electrons. The first-order valence-electron chi connectivity index (χ1n) is 8.34. The van der Waals surface area contributed by atoms with Crippen molar-refractivity contribution in [2.24, 2.45) is 0 Å². The lowest BCUT2D eigenvalue weighted by Gasteiger charge is -2.07. The Balaban J connectivity index is 3.31. The van der Waals surface area contributed by atoms with Gasteiger partial charge in [0.1, 0.15) is 0 Å². The highest BCUT2D eigenvalue weighted by atomic mass is 16.4. The van der Waals surface area contributed by atoms with Gasteiger partial charge in [0.15, 0.2) is 0 Å². The lowest BCUT2D eigenvalue weighted by molar-refractivity contribution is -0.305. The molecule has 0 saturated carbocycles. The molecule has 0 radical (unpaired) electrons. The van der Waals surface area contributed by atoms with Crippen LogP contribution in [0.1, 0.15) is 77.6 Å². The molecule has 0 aromatic carbocycles. The van der Waals surface area contributed by atoms with Crippen molar-refractivity contribution in [2.45, 2.75) is 83.7 Å². The summed E-state index contributed by atoms with van der Waals surface area (Å²) in [5.41, 5.74) is 0.